The highest BCUT2D eigenvalue weighted by atomic mass is 14.8. The van der Waals surface area contributed by atoms with E-state index in [4.69, 9.17) is 11.5 Å². The first kappa shape index (κ1) is 9.00. The summed E-state index contributed by atoms with van der Waals surface area (Å²) in [4.78, 5) is 3.98. The Kier molecular flexibility index (Phi) is 2.65. The van der Waals surface area contributed by atoms with Gasteiger partial charge in [0.05, 0.1) is 0 Å². The lowest BCUT2D eigenvalue weighted by atomic mass is 9.98. The number of hydrogen-bond donors (Lipinski definition) is 2. The van der Waals surface area contributed by atoms with Crippen molar-refractivity contribution in [1.82, 2.24) is 4.98 Å². The van der Waals surface area contributed by atoms with Crippen LogP contribution in [0.2, 0.25) is 0 Å². The van der Waals surface area contributed by atoms with E-state index in [0.29, 0.717) is 11.7 Å². The van der Waals surface area contributed by atoms with Crippen LogP contribution in [0.25, 0.3) is 0 Å². The Balaban J connectivity index is 2.94. The Morgan fingerprint density at radius 1 is 1.42 bits per heavy atom. The molecule has 0 saturated carbocycles. The molecule has 0 aliphatic heterocycles. The first-order chi connectivity index (χ1) is 5.63. The second kappa shape index (κ2) is 3.54. The molecule has 0 saturated heterocycles. The SMILES string of the molecule is CC(C)C(N)c1cccnc1N. The molecule has 0 radical (unpaired) electrons. The first-order valence-electron chi connectivity index (χ1n) is 4.09. The van der Waals surface area contributed by atoms with Crippen LogP contribution in [0.5, 0.6) is 0 Å². The number of aromatic nitrogens is 1. The minimum absolute atomic E-state index is 0.0151. The Labute approximate surface area is 72.8 Å². The normalized spacial score (nSPS) is 13.3. The summed E-state index contributed by atoms with van der Waals surface area (Å²) in [6.45, 7) is 4.13. The molecule has 0 aromatic carbocycles. The van der Waals surface area contributed by atoms with E-state index in [1.807, 2.05) is 12.1 Å². The predicted molar refractivity (Wildman–Crippen MR) is 50.4 cm³/mol. The average Bonchev–Trinajstić information content (AvgIpc) is 2.04. The fourth-order valence-corrected chi connectivity index (χ4v) is 1.07. The number of nitrogens with zero attached hydrogens (tertiary/aromatic N) is 1. The first-order valence-corrected chi connectivity index (χ1v) is 4.09. The molecule has 0 amide bonds. The van der Waals surface area contributed by atoms with E-state index in [1.54, 1.807) is 6.20 Å². The van der Waals surface area contributed by atoms with Crippen molar-refractivity contribution in [2.24, 2.45) is 11.7 Å². The highest BCUT2D eigenvalue weighted by Crippen LogP contribution is 2.21. The fraction of sp³-hybridized carbons (Fsp3) is 0.444. The van der Waals surface area contributed by atoms with Crippen LogP contribution in [0.1, 0.15) is 25.5 Å². The molecule has 66 valence electrons. The number of nitrogen functional groups attached to an aromatic ring is 1. The zero-order valence-corrected chi connectivity index (χ0v) is 7.49. The molecule has 4 N–H and O–H groups in total. The summed E-state index contributed by atoms with van der Waals surface area (Å²) in [5.74, 6) is 0.926. The summed E-state index contributed by atoms with van der Waals surface area (Å²) in [7, 11) is 0. The number of hydrogen-bond acceptors (Lipinski definition) is 3. The largest absolute Gasteiger partial charge is 0.383 e. The van der Waals surface area contributed by atoms with Crippen molar-refractivity contribution in [3.05, 3.63) is 23.9 Å². The number of nitrogens with two attached hydrogens (primary N) is 2. The van der Waals surface area contributed by atoms with Crippen LogP contribution in [0.15, 0.2) is 18.3 Å². The molecule has 3 heteroatoms. The van der Waals surface area contributed by atoms with Gasteiger partial charge < -0.3 is 11.5 Å². The van der Waals surface area contributed by atoms with Crippen LogP contribution < -0.4 is 11.5 Å². The van der Waals surface area contributed by atoms with Crippen molar-refractivity contribution in [2.75, 3.05) is 5.73 Å². The Morgan fingerprint density at radius 3 is 2.58 bits per heavy atom. The molecule has 0 bridgehead atoms. The van der Waals surface area contributed by atoms with E-state index in [1.165, 1.54) is 0 Å². The maximum absolute atomic E-state index is 5.92. The van der Waals surface area contributed by atoms with Gasteiger partial charge in [-0.1, -0.05) is 19.9 Å². The molecule has 1 unspecified atom stereocenters. The molecule has 1 aromatic heterocycles. The van der Waals surface area contributed by atoms with Crippen molar-refractivity contribution in [3.8, 4) is 0 Å². The molecule has 1 rings (SSSR count). The lowest BCUT2D eigenvalue weighted by molar-refractivity contribution is 0.514. The van der Waals surface area contributed by atoms with Gasteiger partial charge in [-0.05, 0) is 12.0 Å². The predicted octanol–water partition coefficient (Wildman–Crippen LogP) is 1.32. The minimum Gasteiger partial charge on any atom is -0.383 e. The summed E-state index contributed by atoms with van der Waals surface area (Å²) in [5.41, 5.74) is 12.5. The van der Waals surface area contributed by atoms with Crippen molar-refractivity contribution >= 4 is 5.82 Å². The van der Waals surface area contributed by atoms with Crippen LogP contribution in [0.3, 0.4) is 0 Å². The summed E-state index contributed by atoms with van der Waals surface area (Å²) >= 11 is 0. The van der Waals surface area contributed by atoms with Gasteiger partial charge in [0.15, 0.2) is 0 Å². The Hall–Kier alpha value is -1.09. The van der Waals surface area contributed by atoms with Crippen LogP contribution in [0.4, 0.5) is 5.82 Å². The molecule has 0 aliphatic rings. The van der Waals surface area contributed by atoms with E-state index >= 15 is 0 Å². The minimum atomic E-state index is -0.0151. The molecule has 0 fully saturated rings. The average molecular weight is 165 g/mol. The molecular formula is C9H15N3. The second-order valence-electron chi connectivity index (χ2n) is 3.25. The van der Waals surface area contributed by atoms with Gasteiger partial charge in [-0.15, -0.1) is 0 Å². The summed E-state index contributed by atoms with van der Waals surface area (Å²) in [6, 6.07) is 3.76. The van der Waals surface area contributed by atoms with Gasteiger partial charge >= 0.3 is 0 Å². The number of anilines is 1. The molecule has 1 aromatic rings. The summed E-state index contributed by atoms with van der Waals surface area (Å²) in [5, 5.41) is 0. The van der Waals surface area contributed by atoms with E-state index in [9.17, 15) is 0 Å². The highest BCUT2D eigenvalue weighted by molar-refractivity contribution is 5.40. The molecule has 1 heterocycles. The maximum atomic E-state index is 5.92. The van der Waals surface area contributed by atoms with E-state index in [-0.39, 0.29) is 6.04 Å². The van der Waals surface area contributed by atoms with Crippen LogP contribution >= 0.6 is 0 Å². The smallest absolute Gasteiger partial charge is 0.128 e. The van der Waals surface area contributed by atoms with Crippen LogP contribution in [-0.4, -0.2) is 4.98 Å². The topological polar surface area (TPSA) is 64.9 Å². The van der Waals surface area contributed by atoms with Gasteiger partial charge in [-0.25, -0.2) is 4.98 Å². The Morgan fingerprint density at radius 2 is 2.08 bits per heavy atom. The lowest BCUT2D eigenvalue weighted by Gasteiger charge is -2.16. The molecule has 3 nitrogen and oxygen atoms in total. The van der Waals surface area contributed by atoms with Gasteiger partial charge in [0.1, 0.15) is 5.82 Å². The molecule has 0 spiro atoms. The zero-order valence-electron chi connectivity index (χ0n) is 7.49. The van der Waals surface area contributed by atoms with Gasteiger partial charge in [-0.2, -0.15) is 0 Å². The Bertz CT molecular complexity index is 258. The van der Waals surface area contributed by atoms with Crippen molar-refractivity contribution in [2.45, 2.75) is 19.9 Å². The van der Waals surface area contributed by atoms with Crippen LogP contribution in [0, 0.1) is 5.92 Å². The zero-order chi connectivity index (χ0) is 9.14. The third-order valence-electron chi connectivity index (χ3n) is 1.95. The van der Waals surface area contributed by atoms with E-state index < -0.39 is 0 Å². The third-order valence-corrected chi connectivity index (χ3v) is 1.95. The second-order valence-corrected chi connectivity index (χ2v) is 3.25. The van der Waals surface area contributed by atoms with E-state index in [2.05, 4.69) is 18.8 Å². The van der Waals surface area contributed by atoms with Gasteiger partial charge in [0, 0.05) is 17.8 Å². The quantitative estimate of drug-likeness (QED) is 0.694. The van der Waals surface area contributed by atoms with Crippen molar-refractivity contribution in [1.29, 1.82) is 0 Å². The van der Waals surface area contributed by atoms with Gasteiger partial charge in [0.2, 0.25) is 0 Å². The summed E-state index contributed by atoms with van der Waals surface area (Å²) in [6.07, 6.45) is 1.67. The van der Waals surface area contributed by atoms with Crippen molar-refractivity contribution < 1.29 is 0 Å². The number of rotatable bonds is 2. The van der Waals surface area contributed by atoms with Gasteiger partial charge in [0.25, 0.3) is 0 Å². The highest BCUT2D eigenvalue weighted by Gasteiger charge is 2.12. The third kappa shape index (κ3) is 1.74. The van der Waals surface area contributed by atoms with Gasteiger partial charge in [-0.3, -0.25) is 0 Å². The fourth-order valence-electron chi connectivity index (χ4n) is 1.07. The monoisotopic (exact) mass is 165 g/mol. The summed E-state index contributed by atoms with van der Waals surface area (Å²) < 4.78 is 0. The standard InChI is InChI=1S/C9H15N3/c1-6(2)8(10)7-4-3-5-12-9(7)11/h3-6,8H,10H2,1-2H3,(H2,11,12). The molecule has 12 heavy (non-hydrogen) atoms. The van der Waals surface area contributed by atoms with E-state index in [0.717, 1.165) is 5.56 Å². The molecule has 0 aliphatic carbocycles. The number of pyridine rings is 1. The lowest BCUT2D eigenvalue weighted by Crippen LogP contribution is -2.18. The molecular weight excluding hydrogens is 150 g/mol. The van der Waals surface area contributed by atoms with Crippen LogP contribution in [-0.2, 0) is 0 Å². The molecule has 1 atom stereocenters. The van der Waals surface area contributed by atoms with Crippen molar-refractivity contribution in [3.63, 3.8) is 0 Å². The maximum Gasteiger partial charge on any atom is 0.128 e.